The van der Waals surface area contributed by atoms with E-state index < -0.39 is 16.1 Å². The third kappa shape index (κ3) is 4.20. The van der Waals surface area contributed by atoms with Gasteiger partial charge in [-0.05, 0) is 50.5 Å². The monoisotopic (exact) mass is 354 g/mol. The van der Waals surface area contributed by atoms with E-state index >= 15 is 0 Å². The maximum atomic E-state index is 12.8. The molecule has 1 atom stereocenters. The fourth-order valence-electron chi connectivity index (χ4n) is 3.05. The summed E-state index contributed by atoms with van der Waals surface area (Å²) >= 11 is 0. The fourth-order valence-corrected chi connectivity index (χ4v) is 4.25. The number of carbonyl (C=O) groups is 1. The Morgan fingerprint density at radius 3 is 2.25 bits per heavy atom. The number of amides is 1. The molecule has 0 bridgehead atoms. The van der Waals surface area contributed by atoms with Gasteiger partial charge in [0.15, 0.2) is 0 Å². The van der Waals surface area contributed by atoms with E-state index in [1.54, 1.807) is 29.2 Å². The van der Waals surface area contributed by atoms with Crippen molar-refractivity contribution in [2.75, 3.05) is 30.3 Å². The first-order chi connectivity index (χ1) is 11.4. The lowest BCUT2D eigenvalue weighted by atomic mass is 10.1. The SMILES string of the molecule is CCOc1ccc(N(C(CC)C(=O)N2CCCC2)S(C)(=O)=O)cc1. The van der Waals surface area contributed by atoms with Crippen molar-refractivity contribution in [2.24, 2.45) is 0 Å². The van der Waals surface area contributed by atoms with Gasteiger partial charge in [0.05, 0.1) is 18.6 Å². The molecule has 134 valence electrons. The van der Waals surface area contributed by atoms with Crippen LogP contribution >= 0.6 is 0 Å². The van der Waals surface area contributed by atoms with Gasteiger partial charge >= 0.3 is 0 Å². The summed E-state index contributed by atoms with van der Waals surface area (Å²) in [5, 5.41) is 0. The fraction of sp³-hybridized carbons (Fsp3) is 0.588. The van der Waals surface area contributed by atoms with Crippen LogP contribution in [0.4, 0.5) is 5.69 Å². The minimum Gasteiger partial charge on any atom is -0.494 e. The molecule has 1 heterocycles. The number of carbonyl (C=O) groups excluding carboxylic acids is 1. The summed E-state index contributed by atoms with van der Waals surface area (Å²) in [7, 11) is -3.58. The Hall–Kier alpha value is -1.76. The van der Waals surface area contributed by atoms with Crippen molar-refractivity contribution in [3.8, 4) is 5.75 Å². The predicted molar refractivity (Wildman–Crippen MR) is 94.8 cm³/mol. The third-order valence-electron chi connectivity index (χ3n) is 4.13. The van der Waals surface area contributed by atoms with Crippen LogP contribution in [0.5, 0.6) is 5.75 Å². The van der Waals surface area contributed by atoms with Gasteiger partial charge in [0, 0.05) is 13.1 Å². The Kier molecular flexibility index (Phi) is 6.10. The lowest BCUT2D eigenvalue weighted by Gasteiger charge is -2.32. The van der Waals surface area contributed by atoms with Gasteiger partial charge < -0.3 is 9.64 Å². The number of sulfonamides is 1. The van der Waals surface area contributed by atoms with E-state index in [1.165, 1.54) is 4.31 Å². The second-order valence-corrected chi connectivity index (χ2v) is 7.80. The molecule has 1 saturated heterocycles. The zero-order valence-electron chi connectivity index (χ0n) is 14.6. The van der Waals surface area contributed by atoms with E-state index in [2.05, 4.69) is 0 Å². The van der Waals surface area contributed by atoms with E-state index in [0.29, 0.717) is 37.6 Å². The van der Waals surface area contributed by atoms with Crippen LogP contribution in [-0.2, 0) is 14.8 Å². The van der Waals surface area contributed by atoms with Gasteiger partial charge in [-0.25, -0.2) is 8.42 Å². The highest BCUT2D eigenvalue weighted by Crippen LogP contribution is 2.26. The highest BCUT2D eigenvalue weighted by Gasteiger charge is 2.34. The van der Waals surface area contributed by atoms with Crippen molar-refractivity contribution in [1.82, 2.24) is 4.90 Å². The Bertz CT molecular complexity index is 652. The second-order valence-electron chi connectivity index (χ2n) is 5.94. The Morgan fingerprint density at radius 1 is 1.21 bits per heavy atom. The molecule has 7 heteroatoms. The van der Waals surface area contributed by atoms with E-state index in [-0.39, 0.29) is 5.91 Å². The second kappa shape index (κ2) is 7.88. The van der Waals surface area contributed by atoms with Gasteiger partial charge in [0.2, 0.25) is 15.9 Å². The molecule has 1 fully saturated rings. The van der Waals surface area contributed by atoms with Gasteiger partial charge in [0.25, 0.3) is 0 Å². The van der Waals surface area contributed by atoms with Crippen LogP contribution in [0.25, 0.3) is 0 Å². The molecule has 0 saturated carbocycles. The van der Waals surface area contributed by atoms with E-state index in [0.717, 1.165) is 19.1 Å². The number of benzene rings is 1. The molecule has 0 aromatic heterocycles. The molecule has 0 aliphatic carbocycles. The first-order valence-corrected chi connectivity index (χ1v) is 10.2. The van der Waals surface area contributed by atoms with Crippen LogP contribution in [0, 0.1) is 0 Å². The highest BCUT2D eigenvalue weighted by atomic mass is 32.2. The van der Waals surface area contributed by atoms with Gasteiger partial charge in [0.1, 0.15) is 11.8 Å². The summed E-state index contributed by atoms with van der Waals surface area (Å²) in [5.74, 6) is 0.558. The normalized spacial score (nSPS) is 16.0. The summed E-state index contributed by atoms with van der Waals surface area (Å²) in [4.78, 5) is 14.6. The lowest BCUT2D eigenvalue weighted by Crippen LogP contribution is -2.50. The number of ether oxygens (including phenoxy) is 1. The maximum Gasteiger partial charge on any atom is 0.246 e. The standard InChI is InChI=1S/C17H26N2O4S/c1-4-16(17(20)18-12-6-7-13-18)19(24(3,21)22)14-8-10-15(11-9-14)23-5-2/h8-11,16H,4-7,12-13H2,1-3H3. The van der Waals surface area contributed by atoms with Gasteiger partial charge in [-0.2, -0.15) is 0 Å². The average Bonchev–Trinajstić information content (AvgIpc) is 3.06. The van der Waals surface area contributed by atoms with E-state index in [1.807, 2.05) is 13.8 Å². The van der Waals surface area contributed by atoms with Crippen molar-refractivity contribution >= 4 is 21.6 Å². The quantitative estimate of drug-likeness (QED) is 0.753. The molecule has 1 aliphatic rings. The molecular weight excluding hydrogens is 328 g/mol. The molecule has 1 amide bonds. The summed E-state index contributed by atoms with van der Waals surface area (Å²) in [6, 6.07) is 6.11. The number of nitrogens with zero attached hydrogens (tertiary/aromatic N) is 2. The van der Waals surface area contributed by atoms with Crippen molar-refractivity contribution in [2.45, 2.75) is 39.2 Å². The topological polar surface area (TPSA) is 66.9 Å². The number of likely N-dealkylation sites (tertiary alicyclic amines) is 1. The molecule has 2 rings (SSSR count). The summed E-state index contributed by atoms with van der Waals surface area (Å²) in [5.41, 5.74) is 0.486. The number of anilines is 1. The van der Waals surface area contributed by atoms with Gasteiger partial charge in [-0.15, -0.1) is 0 Å². The van der Waals surface area contributed by atoms with Crippen molar-refractivity contribution in [1.29, 1.82) is 0 Å². The maximum absolute atomic E-state index is 12.8. The summed E-state index contributed by atoms with van der Waals surface area (Å²) in [6.45, 7) is 5.68. The molecule has 0 N–H and O–H groups in total. The Labute approximate surface area is 144 Å². The molecular formula is C17H26N2O4S. The van der Waals surface area contributed by atoms with Crippen LogP contribution in [0.3, 0.4) is 0 Å². The minimum absolute atomic E-state index is 0.116. The molecule has 6 nitrogen and oxygen atoms in total. The van der Waals surface area contributed by atoms with Crippen LogP contribution in [0.1, 0.15) is 33.1 Å². The number of hydrogen-bond donors (Lipinski definition) is 0. The molecule has 0 spiro atoms. The highest BCUT2D eigenvalue weighted by molar-refractivity contribution is 7.92. The van der Waals surface area contributed by atoms with Crippen LogP contribution in [0.15, 0.2) is 24.3 Å². The molecule has 24 heavy (non-hydrogen) atoms. The van der Waals surface area contributed by atoms with E-state index in [4.69, 9.17) is 4.74 Å². The third-order valence-corrected chi connectivity index (χ3v) is 5.31. The molecule has 1 aromatic rings. The van der Waals surface area contributed by atoms with Crippen LogP contribution in [-0.4, -0.2) is 51.2 Å². The summed E-state index contributed by atoms with van der Waals surface area (Å²) < 4.78 is 31.4. The zero-order chi connectivity index (χ0) is 17.7. The van der Waals surface area contributed by atoms with Gasteiger partial charge in [-0.3, -0.25) is 9.10 Å². The number of rotatable bonds is 7. The first kappa shape index (κ1) is 18.6. The van der Waals surface area contributed by atoms with Crippen molar-refractivity contribution in [3.63, 3.8) is 0 Å². The molecule has 1 aromatic carbocycles. The Morgan fingerprint density at radius 2 is 1.79 bits per heavy atom. The summed E-state index contributed by atoms with van der Waals surface area (Å²) in [6.07, 6.45) is 3.52. The molecule has 1 aliphatic heterocycles. The first-order valence-electron chi connectivity index (χ1n) is 8.39. The van der Waals surface area contributed by atoms with Gasteiger partial charge in [-0.1, -0.05) is 6.92 Å². The molecule has 1 unspecified atom stereocenters. The van der Waals surface area contributed by atoms with Crippen molar-refractivity contribution < 1.29 is 17.9 Å². The number of hydrogen-bond acceptors (Lipinski definition) is 4. The van der Waals surface area contributed by atoms with Crippen LogP contribution < -0.4 is 9.04 Å². The molecule has 0 radical (unpaired) electrons. The average molecular weight is 354 g/mol. The smallest absolute Gasteiger partial charge is 0.246 e. The van der Waals surface area contributed by atoms with E-state index in [9.17, 15) is 13.2 Å². The lowest BCUT2D eigenvalue weighted by molar-refractivity contribution is -0.131. The van der Waals surface area contributed by atoms with Crippen molar-refractivity contribution in [3.05, 3.63) is 24.3 Å². The Balaban J connectivity index is 2.34. The van der Waals surface area contributed by atoms with Crippen LogP contribution in [0.2, 0.25) is 0 Å². The minimum atomic E-state index is -3.58. The zero-order valence-corrected chi connectivity index (χ0v) is 15.4. The largest absolute Gasteiger partial charge is 0.494 e. The predicted octanol–water partition coefficient (Wildman–Crippen LogP) is 2.25.